The van der Waals surface area contributed by atoms with E-state index in [1.807, 2.05) is 0 Å². The van der Waals surface area contributed by atoms with E-state index in [0.717, 1.165) is 11.3 Å². The SMILES string of the molecule is CC(C)(O)NS(=O)(=O)c1cccs1. The molecular formula is C7H11NO3S2. The molecule has 4 nitrogen and oxygen atoms in total. The molecule has 74 valence electrons. The summed E-state index contributed by atoms with van der Waals surface area (Å²) in [4.78, 5) is 0. The summed E-state index contributed by atoms with van der Waals surface area (Å²) in [6.45, 7) is 2.75. The lowest BCUT2D eigenvalue weighted by atomic mass is 10.4. The molecule has 2 N–H and O–H groups in total. The van der Waals surface area contributed by atoms with Crippen molar-refractivity contribution in [3.8, 4) is 0 Å². The van der Waals surface area contributed by atoms with Gasteiger partial charge in [0.25, 0.3) is 10.0 Å². The summed E-state index contributed by atoms with van der Waals surface area (Å²) < 4.78 is 25.2. The summed E-state index contributed by atoms with van der Waals surface area (Å²) in [7, 11) is -3.56. The van der Waals surface area contributed by atoms with Crippen molar-refractivity contribution < 1.29 is 13.5 Å². The zero-order chi connectivity index (χ0) is 10.1. The maximum absolute atomic E-state index is 11.4. The zero-order valence-electron chi connectivity index (χ0n) is 7.31. The van der Waals surface area contributed by atoms with Gasteiger partial charge in [-0.1, -0.05) is 6.07 Å². The number of aliphatic hydroxyl groups is 1. The molecule has 0 fully saturated rings. The fourth-order valence-corrected chi connectivity index (χ4v) is 3.06. The molecule has 1 aromatic heterocycles. The first-order valence-corrected chi connectivity index (χ1v) is 5.97. The van der Waals surface area contributed by atoms with Crippen LogP contribution in [0.2, 0.25) is 0 Å². The largest absolute Gasteiger partial charge is 0.375 e. The molecule has 0 saturated heterocycles. The van der Waals surface area contributed by atoms with Crippen LogP contribution in [0.5, 0.6) is 0 Å². The molecule has 0 aliphatic carbocycles. The van der Waals surface area contributed by atoms with Crippen molar-refractivity contribution in [3.05, 3.63) is 17.5 Å². The second-order valence-corrected chi connectivity index (χ2v) is 5.95. The molecule has 0 unspecified atom stereocenters. The van der Waals surface area contributed by atoms with Gasteiger partial charge in [0.2, 0.25) is 0 Å². The van der Waals surface area contributed by atoms with Gasteiger partial charge in [0.05, 0.1) is 0 Å². The number of hydrogen-bond donors (Lipinski definition) is 2. The Bertz CT molecular complexity index is 361. The molecule has 1 heterocycles. The van der Waals surface area contributed by atoms with Gasteiger partial charge in [0, 0.05) is 0 Å². The molecule has 13 heavy (non-hydrogen) atoms. The first-order chi connectivity index (χ1) is 5.81. The molecule has 0 spiro atoms. The van der Waals surface area contributed by atoms with Gasteiger partial charge in [-0.3, -0.25) is 0 Å². The van der Waals surface area contributed by atoms with Crippen molar-refractivity contribution in [1.82, 2.24) is 4.72 Å². The van der Waals surface area contributed by atoms with Crippen molar-refractivity contribution in [2.75, 3.05) is 0 Å². The lowest BCUT2D eigenvalue weighted by molar-refractivity contribution is 0.0690. The van der Waals surface area contributed by atoms with Crippen LogP contribution in [0.4, 0.5) is 0 Å². The Morgan fingerprint density at radius 1 is 1.54 bits per heavy atom. The van der Waals surface area contributed by atoms with Crippen LogP contribution in [-0.4, -0.2) is 19.2 Å². The Kier molecular flexibility index (Phi) is 2.76. The quantitative estimate of drug-likeness (QED) is 0.740. The van der Waals surface area contributed by atoms with Crippen LogP contribution in [-0.2, 0) is 10.0 Å². The van der Waals surface area contributed by atoms with Gasteiger partial charge in [0.15, 0.2) is 0 Å². The maximum atomic E-state index is 11.4. The van der Waals surface area contributed by atoms with Crippen LogP contribution in [0.25, 0.3) is 0 Å². The molecule has 0 atom stereocenters. The van der Waals surface area contributed by atoms with Crippen molar-refractivity contribution in [2.24, 2.45) is 0 Å². The van der Waals surface area contributed by atoms with Gasteiger partial charge in [0.1, 0.15) is 9.93 Å². The van der Waals surface area contributed by atoms with Gasteiger partial charge < -0.3 is 5.11 Å². The van der Waals surface area contributed by atoms with E-state index in [9.17, 15) is 13.5 Å². The third-order valence-electron chi connectivity index (χ3n) is 1.14. The third-order valence-corrected chi connectivity index (χ3v) is 4.19. The standard InChI is InChI=1S/C7H11NO3S2/c1-7(2,9)8-13(10,11)6-4-3-5-12-6/h3-5,8-9H,1-2H3. The topological polar surface area (TPSA) is 66.4 Å². The van der Waals surface area contributed by atoms with Gasteiger partial charge in [-0.15, -0.1) is 11.3 Å². The summed E-state index contributed by atoms with van der Waals surface area (Å²) in [6.07, 6.45) is 0. The van der Waals surface area contributed by atoms with E-state index in [4.69, 9.17) is 0 Å². The molecule has 0 bridgehead atoms. The predicted octanol–water partition coefficient (Wildman–Crippen LogP) is 0.755. The Hall–Kier alpha value is -0.430. The van der Waals surface area contributed by atoms with Crippen LogP contribution in [0.1, 0.15) is 13.8 Å². The lowest BCUT2D eigenvalue weighted by Crippen LogP contribution is -2.42. The molecule has 1 aromatic rings. The Labute approximate surface area is 81.3 Å². The Morgan fingerprint density at radius 2 is 2.15 bits per heavy atom. The number of sulfonamides is 1. The van der Waals surface area contributed by atoms with Crippen LogP contribution in [0.3, 0.4) is 0 Å². The fraction of sp³-hybridized carbons (Fsp3) is 0.429. The molecule has 0 amide bonds. The summed E-state index contributed by atoms with van der Waals surface area (Å²) in [5.74, 6) is 0. The van der Waals surface area contributed by atoms with E-state index in [-0.39, 0.29) is 4.21 Å². The summed E-state index contributed by atoms with van der Waals surface area (Å²) in [5, 5.41) is 10.9. The molecule has 0 saturated carbocycles. The molecule has 0 aliphatic heterocycles. The van der Waals surface area contributed by atoms with Crippen molar-refractivity contribution in [1.29, 1.82) is 0 Å². The molecule has 0 aliphatic rings. The molecule has 6 heteroatoms. The third kappa shape index (κ3) is 3.07. The van der Waals surface area contributed by atoms with E-state index >= 15 is 0 Å². The number of hydrogen-bond acceptors (Lipinski definition) is 4. The maximum Gasteiger partial charge on any atom is 0.252 e. The predicted molar refractivity (Wildman–Crippen MR) is 50.9 cm³/mol. The Balaban J connectivity index is 2.93. The van der Waals surface area contributed by atoms with E-state index in [2.05, 4.69) is 4.72 Å². The Morgan fingerprint density at radius 3 is 2.54 bits per heavy atom. The van der Waals surface area contributed by atoms with Gasteiger partial charge >= 0.3 is 0 Å². The average Bonchev–Trinajstić information content (AvgIpc) is 2.29. The van der Waals surface area contributed by atoms with Crippen molar-refractivity contribution >= 4 is 21.4 Å². The van der Waals surface area contributed by atoms with E-state index in [1.54, 1.807) is 11.4 Å². The number of rotatable bonds is 3. The van der Waals surface area contributed by atoms with Crippen LogP contribution < -0.4 is 4.72 Å². The van der Waals surface area contributed by atoms with E-state index in [0.29, 0.717) is 0 Å². The van der Waals surface area contributed by atoms with Crippen molar-refractivity contribution in [2.45, 2.75) is 23.8 Å². The minimum atomic E-state index is -3.56. The zero-order valence-corrected chi connectivity index (χ0v) is 8.95. The minimum Gasteiger partial charge on any atom is -0.375 e. The normalized spacial score (nSPS) is 13.2. The van der Waals surface area contributed by atoms with E-state index < -0.39 is 15.7 Å². The molecular weight excluding hydrogens is 210 g/mol. The van der Waals surface area contributed by atoms with Gasteiger partial charge in [-0.2, -0.15) is 4.72 Å². The van der Waals surface area contributed by atoms with Crippen molar-refractivity contribution in [3.63, 3.8) is 0 Å². The van der Waals surface area contributed by atoms with Crippen LogP contribution in [0.15, 0.2) is 21.7 Å². The highest BCUT2D eigenvalue weighted by atomic mass is 32.2. The monoisotopic (exact) mass is 221 g/mol. The molecule has 0 aromatic carbocycles. The second kappa shape index (κ2) is 3.38. The van der Waals surface area contributed by atoms with Gasteiger partial charge in [-0.25, -0.2) is 8.42 Å². The smallest absolute Gasteiger partial charge is 0.252 e. The minimum absolute atomic E-state index is 0.203. The first-order valence-electron chi connectivity index (χ1n) is 3.61. The van der Waals surface area contributed by atoms with Crippen LogP contribution >= 0.6 is 11.3 Å². The van der Waals surface area contributed by atoms with Gasteiger partial charge in [-0.05, 0) is 25.3 Å². The summed E-state index contributed by atoms with van der Waals surface area (Å²) >= 11 is 1.11. The summed E-state index contributed by atoms with van der Waals surface area (Å²) in [5.41, 5.74) is -1.43. The van der Waals surface area contributed by atoms with E-state index in [1.165, 1.54) is 19.9 Å². The second-order valence-electron chi connectivity index (χ2n) is 3.10. The summed E-state index contributed by atoms with van der Waals surface area (Å²) in [6, 6.07) is 3.13. The lowest BCUT2D eigenvalue weighted by Gasteiger charge is -2.18. The highest BCUT2D eigenvalue weighted by molar-refractivity contribution is 7.91. The number of thiophene rings is 1. The molecule has 1 rings (SSSR count). The average molecular weight is 221 g/mol. The molecule has 0 radical (unpaired) electrons. The fourth-order valence-electron chi connectivity index (χ4n) is 0.796. The number of nitrogens with one attached hydrogen (secondary N) is 1. The highest BCUT2D eigenvalue weighted by Gasteiger charge is 2.23. The van der Waals surface area contributed by atoms with Crippen LogP contribution in [0, 0.1) is 0 Å². The highest BCUT2D eigenvalue weighted by Crippen LogP contribution is 2.16. The first kappa shape index (κ1) is 10.6.